The lowest BCUT2D eigenvalue weighted by molar-refractivity contribution is -0.204. The van der Waals surface area contributed by atoms with Gasteiger partial charge >= 0.3 is 24.3 Å². The van der Waals surface area contributed by atoms with E-state index in [1.54, 1.807) is 20.8 Å². The highest BCUT2D eigenvalue weighted by molar-refractivity contribution is 6.08. The highest BCUT2D eigenvalue weighted by Gasteiger charge is 2.61. The van der Waals surface area contributed by atoms with Gasteiger partial charge in [-0.05, 0) is 60.1 Å². The molecule has 1 fully saturated rings. The topological polar surface area (TPSA) is 137 Å². The van der Waals surface area contributed by atoms with Gasteiger partial charge in [0.1, 0.15) is 11.2 Å². The van der Waals surface area contributed by atoms with Crippen molar-refractivity contribution in [2.45, 2.75) is 71.8 Å². The van der Waals surface area contributed by atoms with Crippen molar-refractivity contribution < 1.29 is 46.6 Å². The number of aromatic nitrogens is 2. The summed E-state index contributed by atoms with van der Waals surface area (Å²) >= 11 is 0. The maximum absolute atomic E-state index is 13.9. The van der Waals surface area contributed by atoms with Crippen molar-refractivity contribution in [2.75, 3.05) is 19.0 Å². The van der Waals surface area contributed by atoms with E-state index in [9.17, 15) is 32.3 Å². The first-order valence-electron chi connectivity index (χ1n) is 11.3. The smallest absolute Gasteiger partial charge is 0.417 e. The molecule has 2 atom stereocenters. The Balaban J connectivity index is 2.42. The number of nitrogens with one attached hydrogen (secondary N) is 1. The standard InChI is InChI=1S/C23H31F3N4O7/c1-20(2,3)36-18(33)27-15-9-8-14(28-29-15)11-22(17(32)35-7)10-13(23(24,25)26)12-30(16(22)31)19(34)37-21(4,5)6/h8-9,13H,10-12H2,1-7H3,(H,27,29,33)/t13-,22?/m1/s1. The summed E-state index contributed by atoms with van der Waals surface area (Å²) in [4.78, 5) is 51.2. The SMILES string of the molecule is COC(=O)C1(Cc2ccc(NC(=O)OC(C)(C)C)nn2)C[C@@H](C(F)(F)F)CN(C(=O)OC(C)(C)C)C1=O. The summed E-state index contributed by atoms with van der Waals surface area (Å²) in [6, 6.07) is 2.55. The number of esters is 1. The summed E-state index contributed by atoms with van der Waals surface area (Å²) in [5.74, 6) is -4.73. The Morgan fingerprint density at radius 1 is 1.05 bits per heavy atom. The number of ether oxygens (including phenoxy) is 3. The number of carbonyl (C=O) groups is 4. The average molecular weight is 533 g/mol. The largest absolute Gasteiger partial charge is 0.468 e. The second-order valence-electron chi connectivity index (χ2n) is 10.6. The van der Waals surface area contributed by atoms with Gasteiger partial charge in [0.2, 0.25) is 5.91 Å². The second-order valence-corrected chi connectivity index (χ2v) is 10.6. The fourth-order valence-corrected chi connectivity index (χ4v) is 3.65. The molecule has 2 rings (SSSR count). The van der Waals surface area contributed by atoms with Crippen LogP contribution in [0.15, 0.2) is 12.1 Å². The van der Waals surface area contributed by atoms with Crippen LogP contribution in [0, 0.1) is 11.3 Å². The molecule has 1 unspecified atom stereocenters. The molecular weight excluding hydrogens is 501 g/mol. The number of halogens is 3. The number of hydrogen-bond acceptors (Lipinski definition) is 9. The lowest BCUT2D eigenvalue weighted by Gasteiger charge is -2.42. The Labute approximate surface area is 212 Å². The van der Waals surface area contributed by atoms with Crippen molar-refractivity contribution in [3.63, 3.8) is 0 Å². The number of imide groups is 1. The second kappa shape index (κ2) is 10.5. The van der Waals surface area contributed by atoms with Crippen molar-refractivity contribution in [3.05, 3.63) is 17.8 Å². The minimum atomic E-state index is -4.84. The van der Waals surface area contributed by atoms with Gasteiger partial charge in [-0.3, -0.25) is 14.9 Å². The van der Waals surface area contributed by atoms with Gasteiger partial charge in [-0.1, -0.05) is 0 Å². The Kier molecular flexibility index (Phi) is 8.45. The molecule has 1 aromatic rings. The van der Waals surface area contributed by atoms with E-state index in [0.29, 0.717) is 0 Å². The molecule has 1 saturated heterocycles. The molecule has 37 heavy (non-hydrogen) atoms. The Morgan fingerprint density at radius 3 is 2.11 bits per heavy atom. The first kappa shape index (κ1) is 29.8. The van der Waals surface area contributed by atoms with E-state index < -0.39 is 72.2 Å². The zero-order chi connectivity index (χ0) is 28.4. The molecule has 11 nitrogen and oxygen atoms in total. The van der Waals surface area contributed by atoms with Gasteiger partial charge in [-0.25, -0.2) is 14.5 Å². The molecule has 0 saturated carbocycles. The summed E-state index contributed by atoms with van der Waals surface area (Å²) in [6.07, 6.45) is -8.59. The summed E-state index contributed by atoms with van der Waals surface area (Å²) in [7, 11) is 0.923. The molecule has 1 aromatic heterocycles. The third-order valence-corrected chi connectivity index (χ3v) is 5.14. The number of hydrogen-bond donors (Lipinski definition) is 1. The van der Waals surface area contributed by atoms with Crippen LogP contribution in [0.4, 0.5) is 28.6 Å². The Morgan fingerprint density at radius 2 is 1.65 bits per heavy atom. The molecule has 3 amide bonds. The number of carbonyl (C=O) groups excluding carboxylic acids is 4. The number of piperidine rings is 1. The van der Waals surface area contributed by atoms with E-state index in [-0.39, 0.29) is 16.4 Å². The van der Waals surface area contributed by atoms with E-state index in [1.807, 2.05) is 0 Å². The van der Waals surface area contributed by atoms with Gasteiger partial charge in [0.05, 0.1) is 18.7 Å². The summed E-state index contributed by atoms with van der Waals surface area (Å²) < 4.78 is 56.5. The minimum absolute atomic E-state index is 0.0383. The van der Waals surface area contributed by atoms with E-state index >= 15 is 0 Å². The van der Waals surface area contributed by atoms with Gasteiger partial charge in [-0.2, -0.15) is 18.3 Å². The van der Waals surface area contributed by atoms with Gasteiger partial charge in [0.25, 0.3) is 0 Å². The fourth-order valence-electron chi connectivity index (χ4n) is 3.65. The first-order chi connectivity index (χ1) is 16.8. The van der Waals surface area contributed by atoms with E-state index in [1.165, 1.54) is 32.9 Å². The van der Waals surface area contributed by atoms with Gasteiger partial charge in [-0.15, -0.1) is 5.10 Å². The van der Waals surface area contributed by atoms with Gasteiger partial charge in [0, 0.05) is 13.0 Å². The van der Waals surface area contributed by atoms with Crippen LogP contribution in [0.25, 0.3) is 0 Å². The first-order valence-corrected chi connectivity index (χ1v) is 11.3. The number of alkyl halides is 3. The molecule has 1 aliphatic rings. The van der Waals surface area contributed by atoms with Crippen molar-refractivity contribution in [2.24, 2.45) is 11.3 Å². The number of likely N-dealkylation sites (tertiary alicyclic amines) is 1. The Bertz CT molecular complexity index is 1030. The zero-order valence-electron chi connectivity index (χ0n) is 21.7. The zero-order valence-corrected chi connectivity index (χ0v) is 21.7. The minimum Gasteiger partial charge on any atom is -0.468 e. The van der Waals surface area contributed by atoms with E-state index in [0.717, 1.165) is 7.11 Å². The molecular formula is C23H31F3N4O7. The van der Waals surface area contributed by atoms with Crippen LogP contribution in [-0.2, 0) is 30.2 Å². The summed E-state index contributed by atoms with van der Waals surface area (Å²) in [6.45, 7) is 8.40. The van der Waals surface area contributed by atoms with Crippen molar-refractivity contribution in [3.8, 4) is 0 Å². The number of nitrogens with zero attached hydrogens (tertiary/aromatic N) is 3. The van der Waals surface area contributed by atoms with E-state index in [2.05, 4.69) is 15.5 Å². The quantitative estimate of drug-likeness (QED) is 0.348. The van der Waals surface area contributed by atoms with Crippen molar-refractivity contribution in [1.82, 2.24) is 15.1 Å². The summed E-state index contributed by atoms with van der Waals surface area (Å²) in [5.41, 5.74) is -4.38. The lowest BCUT2D eigenvalue weighted by atomic mass is 9.71. The molecule has 0 aliphatic carbocycles. The molecule has 0 spiro atoms. The molecule has 0 bridgehead atoms. The average Bonchev–Trinajstić information content (AvgIpc) is 2.72. The van der Waals surface area contributed by atoms with Gasteiger partial charge in [0.15, 0.2) is 11.2 Å². The van der Waals surface area contributed by atoms with E-state index in [4.69, 9.17) is 14.2 Å². The van der Waals surface area contributed by atoms with Gasteiger partial charge < -0.3 is 14.2 Å². The van der Waals surface area contributed by atoms with Crippen LogP contribution < -0.4 is 5.32 Å². The number of methoxy groups -OCH3 is 1. The normalized spacial score (nSPS) is 20.8. The maximum Gasteiger partial charge on any atom is 0.417 e. The lowest BCUT2D eigenvalue weighted by Crippen LogP contribution is -2.61. The molecule has 2 heterocycles. The third-order valence-electron chi connectivity index (χ3n) is 5.14. The van der Waals surface area contributed by atoms with Crippen LogP contribution in [0.2, 0.25) is 0 Å². The highest BCUT2D eigenvalue weighted by atomic mass is 19.4. The fraction of sp³-hybridized carbons (Fsp3) is 0.652. The molecule has 1 N–H and O–H groups in total. The van der Waals surface area contributed by atoms with Crippen LogP contribution in [0.1, 0.15) is 53.7 Å². The Hall–Kier alpha value is -3.45. The number of amides is 3. The number of anilines is 1. The molecule has 206 valence electrons. The van der Waals surface area contributed by atoms with Crippen LogP contribution in [0.5, 0.6) is 0 Å². The highest BCUT2D eigenvalue weighted by Crippen LogP contribution is 2.44. The molecule has 0 aromatic carbocycles. The molecule has 0 radical (unpaired) electrons. The maximum atomic E-state index is 13.9. The van der Waals surface area contributed by atoms with Crippen LogP contribution in [-0.4, -0.2) is 70.2 Å². The molecule has 1 aliphatic heterocycles. The van der Waals surface area contributed by atoms with Crippen molar-refractivity contribution in [1.29, 1.82) is 0 Å². The predicted molar refractivity (Wildman–Crippen MR) is 122 cm³/mol. The third kappa shape index (κ3) is 7.76. The van der Waals surface area contributed by atoms with Crippen LogP contribution >= 0.6 is 0 Å². The molecule has 14 heteroatoms. The summed E-state index contributed by atoms with van der Waals surface area (Å²) in [5, 5.41) is 9.95. The number of rotatable bonds is 4. The van der Waals surface area contributed by atoms with Crippen LogP contribution in [0.3, 0.4) is 0 Å². The van der Waals surface area contributed by atoms with Crippen molar-refractivity contribution >= 4 is 29.9 Å². The monoisotopic (exact) mass is 532 g/mol. The predicted octanol–water partition coefficient (Wildman–Crippen LogP) is 3.87.